The fourth-order valence-corrected chi connectivity index (χ4v) is 3.26. The van der Waals surface area contributed by atoms with E-state index in [1.807, 2.05) is 42.6 Å². The molecule has 0 spiro atoms. The number of aryl methyl sites for hydroxylation is 1. The lowest BCUT2D eigenvalue weighted by atomic mass is 10.0. The molecule has 2 aromatic carbocycles. The Balaban J connectivity index is 1.41. The fourth-order valence-electron chi connectivity index (χ4n) is 3.26. The van der Waals surface area contributed by atoms with Gasteiger partial charge >= 0.3 is 6.18 Å². The van der Waals surface area contributed by atoms with Crippen LogP contribution in [0.3, 0.4) is 0 Å². The van der Waals surface area contributed by atoms with E-state index in [4.69, 9.17) is 0 Å². The van der Waals surface area contributed by atoms with Crippen molar-refractivity contribution in [1.29, 1.82) is 0 Å². The van der Waals surface area contributed by atoms with Gasteiger partial charge in [-0.3, -0.25) is 4.79 Å². The van der Waals surface area contributed by atoms with Crippen LogP contribution in [-0.4, -0.2) is 15.9 Å². The van der Waals surface area contributed by atoms with E-state index < -0.39 is 11.7 Å². The van der Waals surface area contributed by atoms with Crippen LogP contribution in [0.1, 0.15) is 17.5 Å². The maximum absolute atomic E-state index is 12.8. The quantitative estimate of drug-likeness (QED) is 0.436. The number of nitrogens with one attached hydrogen (secondary N) is 2. The van der Waals surface area contributed by atoms with Crippen molar-refractivity contribution in [3.05, 3.63) is 84.2 Å². The number of benzene rings is 2. The van der Waals surface area contributed by atoms with E-state index in [1.165, 1.54) is 12.1 Å². The van der Waals surface area contributed by atoms with Gasteiger partial charge in [0, 0.05) is 35.5 Å². The Morgan fingerprint density at radius 3 is 2.67 bits per heavy atom. The number of nitrogens with zero attached hydrogens (tertiary/aromatic N) is 1. The Morgan fingerprint density at radius 2 is 1.83 bits per heavy atom. The first kappa shape index (κ1) is 19.7. The van der Waals surface area contributed by atoms with Gasteiger partial charge in [-0.25, -0.2) is 4.98 Å². The number of carbonyl (C=O) groups is 1. The van der Waals surface area contributed by atoms with Crippen LogP contribution in [0.25, 0.3) is 22.2 Å². The Labute approximate surface area is 170 Å². The Bertz CT molecular complexity index is 1200. The summed E-state index contributed by atoms with van der Waals surface area (Å²) in [5.41, 5.74) is 3.08. The molecule has 152 valence electrons. The number of rotatable bonds is 5. The average Bonchev–Trinajstić information content (AvgIpc) is 3.20. The van der Waals surface area contributed by atoms with Gasteiger partial charge in [-0.05, 0) is 47.9 Å². The van der Waals surface area contributed by atoms with Crippen molar-refractivity contribution in [2.24, 2.45) is 0 Å². The molecule has 2 aromatic heterocycles. The highest BCUT2D eigenvalue weighted by molar-refractivity contribution is 5.91. The summed E-state index contributed by atoms with van der Waals surface area (Å²) in [6, 6.07) is 16.4. The van der Waals surface area contributed by atoms with Crippen molar-refractivity contribution < 1.29 is 18.0 Å². The third-order valence-electron chi connectivity index (χ3n) is 4.77. The van der Waals surface area contributed by atoms with Crippen molar-refractivity contribution in [3.8, 4) is 11.1 Å². The van der Waals surface area contributed by atoms with Crippen LogP contribution in [0.2, 0.25) is 0 Å². The Kier molecular flexibility index (Phi) is 5.27. The molecule has 1 amide bonds. The smallest absolute Gasteiger partial charge is 0.346 e. The van der Waals surface area contributed by atoms with E-state index >= 15 is 0 Å². The van der Waals surface area contributed by atoms with Gasteiger partial charge in [0.15, 0.2) is 0 Å². The number of alkyl halides is 3. The Morgan fingerprint density at radius 1 is 1.00 bits per heavy atom. The molecule has 2 heterocycles. The van der Waals surface area contributed by atoms with Gasteiger partial charge < -0.3 is 10.3 Å². The maximum atomic E-state index is 12.8. The van der Waals surface area contributed by atoms with Gasteiger partial charge in [0.05, 0.1) is 5.56 Å². The lowest BCUT2D eigenvalue weighted by Crippen LogP contribution is -2.13. The summed E-state index contributed by atoms with van der Waals surface area (Å²) in [5.74, 6) is -0.338. The molecule has 4 aromatic rings. The van der Waals surface area contributed by atoms with Crippen LogP contribution >= 0.6 is 0 Å². The third-order valence-corrected chi connectivity index (χ3v) is 4.77. The first-order chi connectivity index (χ1) is 14.4. The molecule has 4 nitrogen and oxygen atoms in total. The normalized spacial score (nSPS) is 11.6. The lowest BCUT2D eigenvalue weighted by Gasteiger charge is -2.10. The van der Waals surface area contributed by atoms with Crippen LogP contribution < -0.4 is 5.32 Å². The second kappa shape index (κ2) is 8.02. The SMILES string of the molecule is O=C(CCc1cccc(-c2cnc3[nH]ccc3c2)c1)Nc1cccc(C(F)(F)F)c1. The monoisotopic (exact) mass is 409 g/mol. The minimum Gasteiger partial charge on any atom is -0.346 e. The highest BCUT2D eigenvalue weighted by Gasteiger charge is 2.30. The first-order valence-corrected chi connectivity index (χ1v) is 9.38. The standard InChI is InChI=1S/C23H18F3N3O/c24-23(25,26)19-5-2-6-20(13-19)29-21(30)8-7-15-3-1-4-16(11-15)18-12-17-9-10-27-22(17)28-14-18/h1-6,9-14H,7-8H2,(H,27,28)(H,29,30). The fraction of sp³-hybridized carbons (Fsp3) is 0.130. The molecular formula is C23H18F3N3O. The number of amides is 1. The Hall–Kier alpha value is -3.61. The first-order valence-electron chi connectivity index (χ1n) is 9.38. The summed E-state index contributed by atoms with van der Waals surface area (Å²) in [6.07, 6.45) is -0.189. The average molecular weight is 409 g/mol. The summed E-state index contributed by atoms with van der Waals surface area (Å²) in [6.45, 7) is 0. The number of halogens is 3. The zero-order valence-corrected chi connectivity index (χ0v) is 15.8. The number of fused-ring (bicyclic) bond motifs is 1. The van der Waals surface area contributed by atoms with E-state index in [0.717, 1.165) is 39.9 Å². The molecule has 2 N–H and O–H groups in total. The number of H-pyrrole nitrogens is 1. The van der Waals surface area contributed by atoms with Gasteiger partial charge in [0.1, 0.15) is 5.65 Å². The number of hydrogen-bond acceptors (Lipinski definition) is 2. The highest BCUT2D eigenvalue weighted by atomic mass is 19.4. The molecule has 0 radical (unpaired) electrons. The molecule has 4 rings (SSSR count). The molecule has 0 aliphatic heterocycles. The number of aromatic nitrogens is 2. The summed E-state index contributed by atoms with van der Waals surface area (Å²) in [5, 5.41) is 3.55. The molecule has 30 heavy (non-hydrogen) atoms. The summed E-state index contributed by atoms with van der Waals surface area (Å²) in [7, 11) is 0. The van der Waals surface area contributed by atoms with E-state index in [1.54, 1.807) is 6.20 Å². The predicted octanol–water partition coefficient (Wildman–Crippen LogP) is 5.82. The minimum absolute atomic E-state index is 0.134. The second-order valence-electron chi connectivity index (χ2n) is 6.97. The van der Waals surface area contributed by atoms with Crippen molar-refractivity contribution in [2.75, 3.05) is 5.32 Å². The van der Waals surface area contributed by atoms with Gasteiger partial charge in [-0.2, -0.15) is 13.2 Å². The van der Waals surface area contributed by atoms with Gasteiger partial charge in [-0.15, -0.1) is 0 Å². The van der Waals surface area contributed by atoms with E-state index in [9.17, 15) is 18.0 Å². The number of anilines is 1. The van der Waals surface area contributed by atoms with Crippen LogP contribution in [-0.2, 0) is 17.4 Å². The molecule has 0 unspecified atom stereocenters. The van der Waals surface area contributed by atoms with E-state index in [0.29, 0.717) is 6.42 Å². The lowest BCUT2D eigenvalue weighted by molar-refractivity contribution is -0.137. The molecule has 0 saturated carbocycles. The predicted molar refractivity (Wildman–Crippen MR) is 110 cm³/mol. The van der Waals surface area contributed by atoms with E-state index in [2.05, 4.69) is 15.3 Å². The van der Waals surface area contributed by atoms with Gasteiger partial charge in [0.25, 0.3) is 0 Å². The molecule has 0 aliphatic rings. The number of pyridine rings is 1. The zero-order chi connectivity index (χ0) is 21.1. The van der Waals surface area contributed by atoms with Crippen LogP contribution in [0.15, 0.2) is 73.1 Å². The molecule has 0 aliphatic carbocycles. The zero-order valence-electron chi connectivity index (χ0n) is 15.8. The summed E-state index contributed by atoms with van der Waals surface area (Å²) in [4.78, 5) is 19.7. The second-order valence-corrected chi connectivity index (χ2v) is 6.97. The summed E-state index contributed by atoms with van der Waals surface area (Å²) >= 11 is 0. The number of hydrogen-bond donors (Lipinski definition) is 2. The topological polar surface area (TPSA) is 57.8 Å². The van der Waals surface area contributed by atoms with Crippen molar-refractivity contribution in [1.82, 2.24) is 9.97 Å². The van der Waals surface area contributed by atoms with Gasteiger partial charge in [-0.1, -0.05) is 30.3 Å². The van der Waals surface area contributed by atoms with Crippen LogP contribution in [0.5, 0.6) is 0 Å². The minimum atomic E-state index is -4.44. The number of carbonyl (C=O) groups excluding carboxylic acids is 1. The van der Waals surface area contributed by atoms with E-state index in [-0.39, 0.29) is 18.0 Å². The largest absolute Gasteiger partial charge is 0.416 e. The number of aromatic amines is 1. The van der Waals surface area contributed by atoms with Crippen molar-refractivity contribution in [2.45, 2.75) is 19.0 Å². The maximum Gasteiger partial charge on any atom is 0.416 e. The van der Waals surface area contributed by atoms with Crippen LogP contribution in [0.4, 0.5) is 18.9 Å². The van der Waals surface area contributed by atoms with Crippen molar-refractivity contribution in [3.63, 3.8) is 0 Å². The molecular weight excluding hydrogens is 391 g/mol. The molecule has 0 saturated heterocycles. The molecule has 0 fully saturated rings. The molecule has 7 heteroatoms. The molecule has 0 bridgehead atoms. The van der Waals surface area contributed by atoms with Crippen molar-refractivity contribution >= 4 is 22.6 Å². The summed E-state index contributed by atoms with van der Waals surface area (Å²) < 4.78 is 38.4. The molecule has 0 atom stereocenters. The third kappa shape index (κ3) is 4.51. The van der Waals surface area contributed by atoms with Crippen LogP contribution in [0, 0.1) is 0 Å². The highest BCUT2D eigenvalue weighted by Crippen LogP contribution is 2.30. The van der Waals surface area contributed by atoms with Gasteiger partial charge in [0.2, 0.25) is 5.91 Å².